The van der Waals surface area contributed by atoms with Gasteiger partial charge in [-0.05, 0) is 66.8 Å². The minimum atomic E-state index is -0.850. The molecule has 0 heterocycles. The summed E-state index contributed by atoms with van der Waals surface area (Å²) in [7, 11) is 0. The van der Waals surface area contributed by atoms with Crippen LogP contribution in [0.15, 0.2) is 48.5 Å². The van der Waals surface area contributed by atoms with Crippen LogP contribution in [-0.2, 0) is 20.7 Å². The number of carbonyl (C=O) groups is 3. The van der Waals surface area contributed by atoms with Crippen molar-refractivity contribution in [2.75, 3.05) is 25.2 Å². The Morgan fingerprint density at radius 3 is 2.23 bits per heavy atom. The zero-order valence-corrected chi connectivity index (χ0v) is 19.4. The predicted octanol–water partition coefficient (Wildman–Crippen LogP) is 3.75. The highest BCUT2D eigenvalue weighted by molar-refractivity contribution is 7.98. The lowest BCUT2D eigenvalue weighted by Gasteiger charge is -2.17. The van der Waals surface area contributed by atoms with Gasteiger partial charge in [0, 0.05) is 22.2 Å². The number of ether oxygens (including phenoxy) is 1. The second-order valence-corrected chi connectivity index (χ2v) is 8.51. The molecule has 6 nitrogen and oxygen atoms in total. The fourth-order valence-electron chi connectivity index (χ4n) is 2.61. The number of esters is 1. The van der Waals surface area contributed by atoms with E-state index in [9.17, 15) is 14.4 Å². The summed E-state index contributed by atoms with van der Waals surface area (Å²) in [6.07, 6.45) is 2.92. The minimum absolute atomic E-state index is 0.381. The van der Waals surface area contributed by atoms with Gasteiger partial charge in [0.25, 0.3) is 11.8 Å². The van der Waals surface area contributed by atoms with Gasteiger partial charge in [-0.1, -0.05) is 35.3 Å². The van der Waals surface area contributed by atoms with E-state index in [4.69, 9.17) is 27.9 Å². The minimum Gasteiger partial charge on any atom is -0.454 e. The second-order valence-electron chi connectivity index (χ2n) is 6.65. The first-order valence-corrected chi connectivity index (χ1v) is 11.8. The molecule has 0 aliphatic rings. The maximum absolute atomic E-state index is 12.4. The topological polar surface area (TPSA) is 84.5 Å². The zero-order valence-electron chi connectivity index (χ0n) is 17.0. The lowest BCUT2D eigenvalue weighted by atomic mass is 10.1. The fraction of sp³-hybridized carbons (Fsp3) is 0.318. The Bertz CT molecular complexity index is 876. The summed E-state index contributed by atoms with van der Waals surface area (Å²) in [5, 5.41) is 6.53. The van der Waals surface area contributed by atoms with E-state index in [1.54, 1.807) is 48.2 Å². The normalized spacial score (nSPS) is 11.5. The first kappa shape index (κ1) is 25.0. The summed E-state index contributed by atoms with van der Waals surface area (Å²) in [6, 6.07) is 12.8. The summed E-state index contributed by atoms with van der Waals surface area (Å²) in [6.45, 7) is -0.00669. The number of halogens is 2. The Morgan fingerprint density at radius 1 is 1.00 bits per heavy atom. The molecule has 0 unspecified atom stereocenters. The van der Waals surface area contributed by atoms with Crippen molar-refractivity contribution >= 4 is 52.7 Å². The van der Waals surface area contributed by atoms with Crippen molar-refractivity contribution in [2.24, 2.45) is 0 Å². The van der Waals surface area contributed by atoms with Crippen LogP contribution < -0.4 is 10.6 Å². The third kappa shape index (κ3) is 9.21. The van der Waals surface area contributed by atoms with Crippen LogP contribution in [0.3, 0.4) is 0 Å². The highest BCUT2D eigenvalue weighted by Crippen LogP contribution is 2.11. The van der Waals surface area contributed by atoms with Gasteiger partial charge in [-0.25, -0.2) is 4.79 Å². The monoisotopic (exact) mass is 482 g/mol. The van der Waals surface area contributed by atoms with E-state index in [0.29, 0.717) is 40.7 Å². The van der Waals surface area contributed by atoms with E-state index >= 15 is 0 Å². The van der Waals surface area contributed by atoms with E-state index in [0.717, 1.165) is 5.56 Å². The molecule has 0 bridgehead atoms. The third-order valence-electron chi connectivity index (χ3n) is 4.30. The van der Waals surface area contributed by atoms with Crippen LogP contribution in [0.1, 0.15) is 22.3 Å². The molecule has 2 amide bonds. The largest absolute Gasteiger partial charge is 0.454 e. The van der Waals surface area contributed by atoms with Crippen LogP contribution in [0.25, 0.3) is 0 Å². The molecule has 9 heteroatoms. The van der Waals surface area contributed by atoms with E-state index in [2.05, 4.69) is 10.6 Å². The van der Waals surface area contributed by atoms with Crippen LogP contribution in [-0.4, -0.2) is 49.0 Å². The zero-order chi connectivity index (χ0) is 22.6. The molecule has 0 saturated heterocycles. The van der Waals surface area contributed by atoms with Crippen molar-refractivity contribution in [2.45, 2.75) is 18.9 Å². The predicted molar refractivity (Wildman–Crippen MR) is 125 cm³/mol. The first-order valence-electron chi connectivity index (χ1n) is 9.62. The highest BCUT2D eigenvalue weighted by Gasteiger charge is 2.23. The van der Waals surface area contributed by atoms with E-state index in [-0.39, 0.29) is 0 Å². The summed E-state index contributed by atoms with van der Waals surface area (Å²) >= 11 is 13.2. The van der Waals surface area contributed by atoms with E-state index in [1.165, 1.54) is 0 Å². The molecule has 0 aliphatic carbocycles. The molecule has 0 aromatic heterocycles. The number of benzene rings is 2. The van der Waals surface area contributed by atoms with Gasteiger partial charge in [0.2, 0.25) is 0 Å². The van der Waals surface area contributed by atoms with Gasteiger partial charge in [-0.15, -0.1) is 0 Å². The lowest BCUT2D eigenvalue weighted by molar-refractivity contribution is -0.150. The standard InChI is InChI=1S/C22H24Cl2N2O4S/c1-31-13-11-19(26-21(28)16-4-8-18(24)9-5-16)22(29)30-14-20(27)25-12-10-15-2-6-17(23)7-3-15/h2-9,19H,10-14H2,1H3,(H,25,27)(H,26,28)/t19-/m1/s1. The number of nitrogens with one attached hydrogen (secondary N) is 2. The van der Waals surface area contributed by atoms with Crippen LogP contribution >= 0.6 is 35.0 Å². The lowest BCUT2D eigenvalue weighted by Crippen LogP contribution is -2.43. The van der Waals surface area contributed by atoms with Gasteiger partial charge in [0.05, 0.1) is 0 Å². The molecular weight excluding hydrogens is 459 g/mol. The molecule has 1 atom stereocenters. The number of rotatable bonds is 11. The number of carbonyl (C=O) groups excluding carboxylic acids is 3. The highest BCUT2D eigenvalue weighted by atomic mass is 35.5. The first-order chi connectivity index (χ1) is 14.9. The smallest absolute Gasteiger partial charge is 0.329 e. The van der Waals surface area contributed by atoms with Gasteiger partial charge >= 0.3 is 5.97 Å². The van der Waals surface area contributed by atoms with Gasteiger partial charge in [-0.2, -0.15) is 11.8 Å². The summed E-state index contributed by atoms with van der Waals surface area (Å²) in [4.78, 5) is 36.8. The molecule has 0 spiro atoms. The fourth-order valence-corrected chi connectivity index (χ4v) is 3.34. The molecule has 0 aliphatic heterocycles. The Hall–Kier alpha value is -2.22. The quantitative estimate of drug-likeness (QED) is 0.476. The van der Waals surface area contributed by atoms with E-state index in [1.807, 2.05) is 18.4 Å². The molecule has 0 fully saturated rings. The number of amides is 2. The van der Waals surface area contributed by atoms with Crippen LogP contribution in [0, 0.1) is 0 Å². The Morgan fingerprint density at radius 2 is 1.61 bits per heavy atom. The van der Waals surface area contributed by atoms with Crippen molar-refractivity contribution in [1.82, 2.24) is 10.6 Å². The van der Waals surface area contributed by atoms with Crippen molar-refractivity contribution in [3.05, 3.63) is 69.7 Å². The molecule has 31 heavy (non-hydrogen) atoms. The number of hydrogen-bond donors (Lipinski definition) is 2. The van der Waals surface area contributed by atoms with Crippen molar-refractivity contribution in [1.29, 1.82) is 0 Å². The molecule has 2 aromatic carbocycles. The summed E-state index contributed by atoms with van der Waals surface area (Å²) in [5.41, 5.74) is 1.41. The molecule has 0 radical (unpaired) electrons. The SMILES string of the molecule is CSCC[C@@H](NC(=O)c1ccc(Cl)cc1)C(=O)OCC(=O)NCCc1ccc(Cl)cc1. The molecular formula is C22H24Cl2N2O4S. The molecule has 166 valence electrons. The number of hydrogen-bond acceptors (Lipinski definition) is 5. The van der Waals surface area contributed by atoms with E-state index < -0.39 is 30.4 Å². The Kier molecular flexibility index (Phi) is 10.7. The van der Waals surface area contributed by atoms with Gasteiger partial charge in [-0.3, -0.25) is 9.59 Å². The average molecular weight is 483 g/mol. The van der Waals surface area contributed by atoms with Crippen molar-refractivity contribution in [3.8, 4) is 0 Å². The van der Waals surface area contributed by atoms with Gasteiger partial charge in [0.1, 0.15) is 6.04 Å². The van der Waals surface area contributed by atoms with Crippen LogP contribution in [0.4, 0.5) is 0 Å². The maximum atomic E-state index is 12.4. The van der Waals surface area contributed by atoms with Crippen LogP contribution in [0.5, 0.6) is 0 Å². The van der Waals surface area contributed by atoms with Gasteiger partial charge in [0.15, 0.2) is 6.61 Å². The Balaban J connectivity index is 1.80. The number of thioether (sulfide) groups is 1. The van der Waals surface area contributed by atoms with Crippen molar-refractivity contribution < 1.29 is 19.1 Å². The van der Waals surface area contributed by atoms with Gasteiger partial charge < -0.3 is 15.4 Å². The van der Waals surface area contributed by atoms with Crippen molar-refractivity contribution in [3.63, 3.8) is 0 Å². The summed E-state index contributed by atoms with van der Waals surface area (Å²) in [5.74, 6) is -0.820. The average Bonchev–Trinajstić information content (AvgIpc) is 2.76. The molecule has 2 aromatic rings. The third-order valence-corrected chi connectivity index (χ3v) is 5.45. The second kappa shape index (κ2) is 13.2. The molecule has 2 rings (SSSR count). The maximum Gasteiger partial charge on any atom is 0.329 e. The molecule has 0 saturated carbocycles. The molecule has 2 N–H and O–H groups in total. The Labute approximate surface area is 196 Å². The summed E-state index contributed by atoms with van der Waals surface area (Å²) < 4.78 is 5.12. The van der Waals surface area contributed by atoms with Crippen LogP contribution in [0.2, 0.25) is 10.0 Å².